The molecule has 0 spiro atoms. The molecule has 1 aliphatic heterocycles. The van der Waals surface area contributed by atoms with Crippen LogP contribution in [0.4, 0.5) is 18.9 Å². The molecule has 1 aliphatic rings. The number of carbonyl (C=O) groups excluding carboxylic acids is 2. The fourth-order valence-corrected chi connectivity index (χ4v) is 2.69. The third kappa shape index (κ3) is 7.97. The molecule has 0 atom stereocenters. The van der Waals surface area contributed by atoms with Crippen molar-refractivity contribution in [3.05, 3.63) is 36.9 Å². The molecule has 0 unspecified atom stereocenters. The second-order valence-corrected chi connectivity index (χ2v) is 6.27. The highest BCUT2D eigenvalue weighted by Crippen LogP contribution is 2.23. The predicted molar refractivity (Wildman–Crippen MR) is 97.8 cm³/mol. The number of hydrogen-bond acceptors (Lipinski definition) is 5. The maximum atomic E-state index is 12.1. The quantitative estimate of drug-likeness (QED) is 0.646. The van der Waals surface area contributed by atoms with Crippen molar-refractivity contribution < 1.29 is 27.5 Å². The summed E-state index contributed by atoms with van der Waals surface area (Å²) in [6, 6.07) is 4.97. The Bertz CT molecular complexity index is 672. The van der Waals surface area contributed by atoms with Crippen LogP contribution < -0.4 is 15.4 Å². The smallest absolute Gasteiger partial charge is 0.406 e. The van der Waals surface area contributed by atoms with Gasteiger partial charge in [-0.1, -0.05) is 6.08 Å². The summed E-state index contributed by atoms with van der Waals surface area (Å²) in [6.07, 6.45) is -3.13. The number of anilines is 1. The number of benzene rings is 1. The lowest BCUT2D eigenvalue weighted by Gasteiger charge is -2.33. The summed E-state index contributed by atoms with van der Waals surface area (Å²) < 4.78 is 40.2. The van der Waals surface area contributed by atoms with Crippen LogP contribution in [0.2, 0.25) is 0 Å². The zero-order chi connectivity index (χ0) is 20.6. The number of nitrogens with one attached hydrogen (secondary N) is 2. The Hall–Kier alpha value is -2.59. The molecule has 1 saturated heterocycles. The maximum Gasteiger partial charge on any atom is 0.573 e. The van der Waals surface area contributed by atoms with Gasteiger partial charge in [-0.15, -0.1) is 19.8 Å². The van der Waals surface area contributed by atoms with Crippen LogP contribution in [0.1, 0.15) is 0 Å². The van der Waals surface area contributed by atoms with E-state index in [1.807, 2.05) is 9.80 Å². The van der Waals surface area contributed by atoms with Crippen molar-refractivity contribution in [2.75, 3.05) is 51.1 Å². The minimum Gasteiger partial charge on any atom is -0.406 e. The Kier molecular flexibility index (Phi) is 7.82. The van der Waals surface area contributed by atoms with Crippen molar-refractivity contribution in [1.29, 1.82) is 0 Å². The zero-order valence-electron chi connectivity index (χ0n) is 15.3. The van der Waals surface area contributed by atoms with E-state index < -0.39 is 6.36 Å². The lowest BCUT2D eigenvalue weighted by atomic mass is 10.3. The van der Waals surface area contributed by atoms with Gasteiger partial charge < -0.3 is 15.4 Å². The van der Waals surface area contributed by atoms with E-state index in [1.54, 1.807) is 6.08 Å². The molecule has 1 aromatic rings. The zero-order valence-corrected chi connectivity index (χ0v) is 15.3. The van der Waals surface area contributed by atoms with Crippen molar-refractivity contribution in [2.24, 2.45) is 0 Å². The number of alkyl halides is 3. The molecule has 1 fully saturated rings. The van der Waals surface area contributed by atoms with Gasteiger partial charge >= 0.3 is 6.36 Å². The minimum absolute atomic E-state index is 0.0657. The molecule has 1 aromatic carbocycles. The van der Waals surface area contributed by atoms with Gasteiger partial charge in [0.05, 0.1) is 13.1 Å². The molecule has 2 amide bonds. The van der Waals surface area contributed by atoms with Gasteiger partial charge in [-0.25, -0.2) is 0 Å². The highest BCUT2D eigenvalue weighted by Gasteiger charge is 2.31. The first kappa shape index (κ1) is 21.7. The normalized spacial score (nSPS) is 15.7. The van der Waals surface area contributed by atoms with Gasteiger partial charge in [0.25, 0.3) is 0 Å². The number of piperazine rings is 1. The molecule has 0 aliphatic carbocycles. The van der Waals surface area contributed by atoms with E-state index >= 15 is 0 Å². The van der Waals surface area contributed by atoms with E-state index in [1.165, 1.54) is 12.1 Å². The Morgan fingerprint density at radius 1 is 1.04 bits per heavy atom. The molecule has 154 valence electrons. The highest BCUT2D eigenvalue weighted by atomic mass is 19.4. The predicted octanol–water partition coefficient (Wildman–Crippen LogP) is 1.44. The molecule has 1 heterocycles. The lowest BCUT2D eigenvalue weighted by molar-refractivity contribution is -0.274. The summed E-state index contributed by atoms with van der Waals surface area (Å²) in [7, 11) is 0. The maximum absolute atomic E-state index is 12.1. The molecule has 0 saturated carbocycles. The number of ether oxygens (including phenoxy) is 1. The van der Waals surface area contributed by atoms with Crippen LogP contribution >= 0.6 is 0 Å². The Morgan fingerprint density at radius 3 is 2.07 bits per heavy atom. The minimum atomic E-state index is -4.75. The molecule has 2 N–H and O–H groups in total. The highest BCUT2D eigenvalue weighted by molar-refractivity contribution is 5.92. The van der Waals surface area contributed by atoms with E-state index in [9.17, 15) is 22.8 Å². The van der Waals surface area contributed by atoms with E-state index in [0.717, 1.165) is 12.1 Å². The number of carbonyl (C=O) groups is 2. The first-order chi connectivity index (χ1) is 13.2. The fourth-order valence-electron chi connectivity index (χ4n) is 2.69. The van der Waals surface area contributed by atoms with Gasteiger partial charge in [-0.3, -0.25) is 19.4 Å². The van der Waals surface area contributed by atoms with Gasteiger partial charge in [0.2, 0.25) is 11.8 Å². The number of hydrogen-bond donors (Lipinski definition) is 2. The van der Waals surface area contributed by atoms with Crippen molar-refractivity contribution in [3.8, 4) is 5.75 Å². The van der Waals surface area contributed by atoms with Crippen LogP contribution in [0.3, 0.4) is 0 Å². The molecule has 0 radical (unpaired) electrons. The number of rotatable bonds is 8. The summed E-state index contributed by atoms with van der Waals surface area (Å²) in [6.45, 7) is 7.05. The van der Waals surface area contributed by atoms with Crippen molar-refractivity contribution in [3.63, 3.8) is 0 Å². The van der Waals surface area contributed by atoms with Gasteiger partial charge in [0.1, 0.15) is 5.75 Å². The molecule has 10 heteroatoms. The Morgan fingerprint density at radius 2 is 1.57 bits per heavy atom. The third-order valence-corrected chi connectivity index (χ3v) is 4.01. The summed E-state index contributed by atoms with van der Waals surface area (Å²) >= 11 is 0. The van der Waals surface area contributed by atoms with Gasteiger partial charge in [-0.2, -0.15) is 0 Å². The van der Waals surface area contributed by atoms with Gasteiger partial charge in [-0.05, 0) is 24.3 Å². The Balaban J connectivity index is 1.71. The fraction of sp³-hybridized carbons (Fsp3) is 0.444. The van der Waals surface area contributed by atoms with E-state index in [-0.39, 0.29) is 24.1 Å². The molecule has 2 rings (SSSR count). The summed E-state index contributed by atoms with van der Waals surface area (Å²) in [4.78, 5) is 27.8. The summed E-state index contributed by atoms with van der Waals surface area (Å²) in [5.41, 5.74) is 0.386. The number of nitrogens with zero attached hydrogens (tertiary/aromatic N) is 2. The average Bonchev–Trinajstić information content (AvgIpc) is 2.62. The molecule has 0 bridgehead atoms. The monoisotopic (exact) mass is 400 g/mol. The lowest BCUT2D eigenvalue weighted by Crippen LogP contribution is -2.51. The molecule has 0 aromatic heterocycles. The standard InChI is InChI=1S/C18H23F3N4O3/c1-2-7-22-16(26)12-24-8-10-25(11-9-24)13-17(27)23-14-3-5-15(6-4-14)28-18(19,20)21/h2-6H,1,7-13H2,(H,22,26)(H,23,27). The molecular weight excluding hydrogens is 377 g/mol. The molecule has 7 nitrogen and oxygen atoms in total. The Labute approximate surface area is 161 Å². The van der Waals surface area contributed by atoms with E-state index in [2.05, 4.69) is 21.9 Å². The second kappa shape index (κ2) is 10.1. The first-order valence-corrected chi connectivity index (χ1v) is 8.73. The van der Waals surface area contributed by atoms with Crippen LogP contribution in [0.5, 0.6) is 5.75 Å². The SMILES string of the molecule is C=CCNC(=O)CN1CCN(CC(=O)Nc2ccc(OC(F)(F)F)cc2)CC1. The summed E-state index contributed by atoms with van der Waals surface area (Å²) in [5, 5.41) is 5.36. The number of amides is 2. The van der Waals surface area contributed by atoms with Gasteiger partial charge in [0, 0.05) is 38.4 Å². The molecule has 28 heavy (non-hydrogen) atoms. The average molecular weight is 400 g/mol. The van der Waals surface area contributed by atoms with Crippen LogP contribution in [-0.2, 0) is 9.59 Å². The van der Waals surface area contributed by atoms with E-state index in [0.29, 0.717) is 45.0 Å². The topological polar surface area (TPSA) is 73.9 Å². The third-order valence-electron chi connectivity index (χ3n) is 4.01. The number of halogens is 3. The van der Waals surface area contributed by atoms with Crippen molar-refractivity contribution >= 4 is 17.5 Å². The van der Waals surface area contributed by atoms with Crippen LogP contribution in [0.25, 0.3) is 0 Å². The molecular formula is C18H23F3N4O3. The largest absolute Gasteiger partial charge is 0.573 e. The van der Waals surface area contributed by atoms with Crippen LogP contribution in [0, 0.1) is 0 Å². The van der Waals surface area contributed by atoms with Crippen molar-refractivity contribution in [2.45, 2.75) is 6.36 Å². The second-order valence-electron chi connectivity index (χ2n) is 6.27. The first-order valence-electron chi connectivity index (χ1n) is 8.73. The summed E-state index contributed by atoms with van der Waals surface area (Å²) in [5.74, 6) is -0.676. The van der Waals surface area contributed by atoms with Crippen LogP contribution in [0.15, 0.2) is 36.9 Å². The van der Waals surface area contributed by atoms with E-state index in [4.69, 9.17) is 0 Å². The van der Waals surface area contributed by atoms with Gasteiger partial charge in [0.15, 0.2) is 0 Å². The van der Waals surface area contributed by atoms with Crippen LogP contribution in [-0.4, -0.2) is 73.8 Å². The van der Waals surface area contributed by atoms with Crippen molar-refractivity contribution in [1.82, 2.24) is 15.1 Å².